The number of primary amides is 1. The molecule has 0 fully saturated rings. The molecule has 3 N–H and O–H groups in total. The Morgan fingerprint density at radius 3 is 2.47 bits per heavy atom. The Kier molecular flexibility index (Phi) is 8.54. The Morgan fingerprint density at radius 2 is 1.88 bits per heavy atom. The van der Waals surface area contributed by atoms with Crippen LogP contribution in [0.15, 0.2) is 36.4 Å². The minimum Gasteiger partial charge on any atom is -0.493 e. The Labute approximate surface area is 199 Å². The van der Waals surface area contributed by atoms with Gasteiger partial charge in [-0.25, -0.2) is 0 Å². The van der Waals surface area contributed by atoms with Gasteiger partial charge in [-0.2, -0.15) is 0 Å². The molecule has 2 aromatic rings. The fourth-order valence-electron chi connectivity index (χ4n) is 4.02. The number of aliphatic hydroxyl groups is 1. The third-order valence-electron chi connectivity index (χ3n) is 5.67. The molecule has 7 nitrogen and oxygen atoms in total. The first-order chi connectivity index (χ1) is 14.8. The first kappa shape index (κ1) is 25.9. The van der Waals surface area contributed by atoms with Crippen LogP contribution in [0.4, 0.5) is 5.69 Å². The molecule has 1 unspecified atom stereocenters. The molecule has 1 aliphatic heterocycles. The van der Waals surface area contributed by atoms with Crippen molar-refractivity contribution in [3.8, 4) is 5.75 Å². The minimum absolute atomic E-state index is 0. The van der Waals surface area contributed by atoms with Gasteiger partial charge in [0.15, 0.2) is 0 Å². The van der Waals surface area contributed by atoms with E-state index in [1.54, 1.807) is 24.3 Å². The number of carbonyl (C=O) groups excluding carboxylic acids is 2. The zero-order valence-electron chi connectivity index (χ0n) is 18.4. The van der Waals surface area contributed by atoms with Gasteiger partial charge in [-0.05, 0) is 38.2 Å². The fraction of sp³-hybridized carbons (Fsp3) is 0.391. The van der Waals surface area contributed by atoms with Crippen LogP contribution in [0.1, 0.15) is 42.3 Å². The van der Waals surface area contributed by atoms with Crippen molar-refractivity contribution in [2.75, 3.05) is 37.7 Å². The lowest BCUT2D eigenvalue weighted by Gasteiger charge is -2.27. The molecule has 2 amide bonds. The number of likely N-dealkylation sites (N-methyl/N-ethyl adjacent to an activating group) is 1. The summed E-state index contributed by atoms with van der Waals surface area (Å²) in [6, 6.07) is 9.76. The van der Waals surface area contributed by atoms with Gasteiger partial charge < -0.3 is 25.4 Å². The average Bonchev–Trinajstić information content (AvgIpc) is 2.97. The van der Waals surface area contributed by atoms with Gasteiger partial charge in [0.25, 0.3) is 5.91 Å². The second-order valence-corrected chi connectivity index (χ2v) is 7.75. The Morgan fingerprint density at radius 1 is 1.22 bits per heavy atom. The highest BCUT2D eigenvalue weighted by Crippen LogP contribution is 2.50. The molecule has 3 rings (SSSR count). The number of amides is 2. The predicted octanol–water partition coefficient (Wildman–Crippen LogP) is 3.18. The summed E-state index contributed by atoms with van der Waals surface area (Å²) in [6.07, 6.45) is 0. The summed E-state index contributed by atoms with van der Waals surface area (Å²) >= 11 is 6.53. The molecule has 1 aliphatic rings. The van der Waals surface area contributed by atoms with E-state index in [2.05, 4.69) is 4.90 Å². The monoisotopic (exact) mass is 481 g/mol. The maximum absolute atomic E-state index is 13.7. The molecule has 1 heterocycles. The molecule has 0 aliphatic carbocycles. The molecular formula is C23H29Cl2N3O4. The van der Waals surface area contributed by atoms with E-state index < -0.39 is 17.4 Å². The van der Waals surface area contributed by atoms with E-state index in [-0.39, 0.29) is 28.6 Å². The van der Waals surface area contributed by atoms with Crippen LogP contribution in [0, 0.1) is 0 Å². The molecule has 174 valence electrons. The number of hydrogen-bond donors (Lipinski definition) is 2. The molecular weight excluding hydrogens is 453 g/mol. The van der Waals surface area contributed by atoms with E-state index in [9.17, 15) is 14.7 Å². The Hall–Kier alpha value is -2.32. The molecule has 0 saturated heterocycles. The second kappa shape index (κ2) is 10.5. The Balaban J connectivity index is 0.00000363. The summed E-state index contributed by atoms with van der Waals surface area (Å²) in [5.74, 6) is -0.802. The number of ether oxygens (including phenoxy) is 1. The third-order valence-corrected chi connectivity index (χ3v) is 5.97. The van der Waals surface area contributed by atoms with Crippen molar-refractivity contribution in [2.45, 2.75) is 26.4 Å². The lowest BCUT2D eigenvalue weighted by molar-refractivity contribution is -0.132. The van der Waals surface area contributed by atoms with E-state index in [4.69, 9.17) is 22.1 Å². The first-order valence-electron chi connectivity index (χ1n) is 10.4. The zero-order chi connectivity index (χ0) is 22.8. The summed E-state index contributed by atoms with van der Waals surface area (Å²) in [4.78, 5) is 29.2. The van der Waals surface area contributed by atoms with Crippen LogP contribution >= 0.6 is 24.0 Å². The lowest BCUT2D eigenvalue weighted by Crippen LogP contribution is -2.44. The number of nitrogens with two attached hydrogens (primary N) is 1. The number of benzene rings is 2. The molecule has 32 heavy (non-hydrogen) atoms. The van der Waals surface area contributed by atoms with Crippen LogP contribution in [0.5, 0.6) is 5.75 Å². The van der Waals surface area contributed by atoms with Crippen LogP contribution in [-0.4, -0.2) is 54.6 Å². The zero-order valence-corrected chi connectivity index (χ0v) is 20.0. The molecule has 0 aromatic heterocycles. The van der Waals surface area contributed by atoms with Gasteiger partial charge in [-0.15, -0.1) is 12.4 Å². The van der Waals surface area contributed by atoms with E-state index in [0.717, 1.165) is 13.1 Å². The van der Waals surface area contributed by atoms with Gasteiger partial charge in [-0.3, -0.25) is 9.59 Å². The van der Waals surface area contributed by atoms with Crippen LogP contribution in [0.2, 0.25) is 5.02 Å². The van der Waals surface area contributed by atoms with Gasteiger partial charge in [0.05, 0.1) is 17.3 Å². The van der Waals surface area contributed by atoms with Crippen molar-refractivity contribution in [1.29, 1.82) is 0 Å². The van der Waals surface area contributed by atoms with Crippen molar-refractivity contribution in [3.63, 3.8) is 0 Å². The third kappa shape index (κ3) is 4.43. The summed E-state index contributed by atoms with van der Waals surface area (Å²) in [5.41, 5.74) is 4.52. The van der Waals surface area contributed by atoms with Crippen LogP contribution in [-0.2, 0) is 10.4 Å². The summed E-state index contributed by atoms with van der Waals surface area (Å²) < 4.78 is 5.69. The lowest BCUT2D eigenvalue weighted by atomic mass is 9.86. The van der Waals surface area contributed by atoms with Crippen LogP contribution in [0.3, 0.4) is 0 Å². The highest BCUT2D eigenvalue weighted by atomic mass is 35.5. The number of carbonyl (C=O) groups is 2. The minimum atomic E-state index is -2.04. The molecule has 9 heteroatoms. The first-order valence-corrected chi connectivity index (χ1v) is 10.8. The highest BCUT2D eigenvalue weighted by molar-refractivity contribution is 6.34. The molecule has 2 aromatic carbocycles. The number of anilines is 1. The van der Waals surface area contributed by atoms with E-state index in [0.29, 0.717) is 36.7 Å². The maximum atomic E-state index is 13.7. The van der Waals surface area contributed by atoms with Gasteiger partial charge in [0.1, 0.15) is 5.75 Å². The van der Waals surface area contributed by atoms with Crippen molar-refractivity contribution >= 4 is 41.5 Å². The predicted molar refractivity (Wildman–Crippen MR) is 128 cm³/mol. The molecule has 0 radical (unpaired) electrons. The van der Waals surface area contributed by atoms with Crippen molar-refractivity contribution in [3.05, 3.63) is 58.1 Å². The number of halogens is 2. The van der Waals surface area contributed by atoms with Gasteiger partial charge in [0.2, 0.25) is 11.5 Å². The van der Waals surface area contributed by atoms with E-state index in [1.807, 2.05) is 20.8 Å². The standard InChI is InChI=1S/C23H28ClN3O4.ClH/c1-4-26(5-2)11-12-27-18-14-15(21(25)28)13-17(24)20(18)23(30,22(27)29)16-9-7-8-10-19(16)31-6-3;/h7-10,13-14,30H,4-6,11-12H2,1-3H3,(H2,25,28);1H. The van der Waals surface area contributed by atoms with Crippen molar-refractivity contribution in [2.24, 2.45) is 5.73 Å². The molecule has 0 spiro atoms. The fourth-order valence-corrected chi connectivity index (χ4v) is 4.37. The maximum Gasteiger partial charge on any atom is 0.268 e. The smallest absolute Gasteiger partial charge is 0.268 e. The van der Waals surface area contributed by atoms with E-state index >= 15 is 0 Å². The van der Waals surface area contributed by atoms with Crippen molar-refractivity contribution < 1.29 is 19.4 Å². The Bertz CT molecular complexity index is 997. The quantitative estimate of drug-likeness (QED) is 0.573. The van der Waals surface area contributed by atoms with Crippen LogP contribution in [0.25, 0.3) is 0 Å². The molecule has 0 saturated carbocycles. The van der Waals surface area contributed by atoms with Gasteiger partial charge in [-0.1, -0.05) is 43.6 Å². The summed E-state index contributed by atoms with van der Waals surface area (Å²) in [6.45, 7) is 8.85. The highest BCUT2D eigenvalue weighted by Gasteiger charge is 2.54. The average molecular weight is 482 g/mol. The number of hydrogen-bond acceptors (Lipinski definition) is 5. The summed E-state index contributed by atoms with van der Waals surface area (Å²) in [5, 5.41) is 12.0. The summed E-state index contributed by atoms with van der Waals surface area (Å²) in [7, 11) is 0. The van der Waals surface area contributed by atoms with Crippen molar-refractivity contribution in [1.82, 2.24) is 4.90 Å². The normalized spacial score (nSPS) is 17.3. The van der Waals surface area contributed by atoms with E-state index in [1.165, 1.54) is 17.0 Å². The SMILES string of the molecule is CCOc1ccccc1C1(O)C(=O)N(CCN(CC)CC)c2cc(C(N)=O)cc(Cl)c21.Cl. The largest absolute Gasteiger partial charge is 0.493 e. The topological polar surface area (TPSA) is 96.1 Å². The van der Waals surface area contributed by atoms with Gasteiger partial charge in [0, 0.05) is 29.8 Å². The number of nitrogens with zero attached hydrogens (tertiary/aromatic N) is 2. The molecule has 0 bridgehead atoms. The number of para-hydroxylation sites is 1. The number of rotatable bonds is 9. The second-order valence-electron chi connectivity index (χ2n) is 7.34. The number of fused-ring (bicyclic) bond motifs is 1. The van der Waals surface area contributed by atoms with Crippen LogP contribution < -0.4 is 15.4 Å². The van der Waals surface area contributed by atoms with Gasteiger partial charge >= 0.3 is 0 Å². The molecule has 1 atom stereocenters.